The summed E-state index contributed by atoms with van der Waals surface area (Å²) in [6.45, 7) is 0.452. The Kier molecular flexibility index (Phi) is 5.38. The lowest BCUT2D eigenvalue weighted by molar-refractivity contribution is 0.0668. The Morgan fingerprint density at radius 1 is 1.53 bits per heavy atom. The lowest BCUT2D eigenvalue weighted by Crippen LogP contribution is -2.37. The van der Waals surface area contributed by atoms with Crippen LogP contribution in [-0.4, -0.2) is 29.1 Å². The molecule has 0 saturated carbocycles. The fourth-order valence-electron chi connectivity index (χ4n) is 1.29. The third kappa shape index (κ3) is 4.01. The number of nitrogens with zero attached hydrogens (tertiary/aromatic N) is 3. The van der Waals surface area contributed by atoms with Gasteiger partial charge >= 0.3 is 6.55 Å². The average molecular weight is 245 g/mol. The Balaban J connectivity index is 2.51. The minimum Gasteiger partial charge on any atom is -0.356 e. The topological polar surface area (TPSA) is 54.2 Å². The van der Waals surface area contributed by atoms with Gasteiger partial charge in [0.15, 0.2) is 5.96 Å². The molecule has 0 spiro atoms. The summed E-state index contributed by atoms with van der Waals surface area (Å²) in [6, 6.07) is 0. The molecule has 0 radical (unpaired) electrons. The highest BCUT2D eigenvalue weighted by molar-refractivity contribution is 5.79. The van der Waals surface area contributed by atoms with E-state index in [-0.39, 0.29) is 12.4 Å². The fraction of sp³-hybridized carbons (Fsp3) is 0.600. The van der Waals surface area contributed by atoms with Crippen molar-refractivity contribution >= 4 is 5.96 Å². The first kappa shape index (κ1) is 13.4. The van der Waals surface area contributed by atoms with Crippen LogP contribution in [0.3, 0.4) is 0 Å². The van der Waals surface area contributed by atoms with Crippen molar-refractivity contribution in [3.8, 4) is 0 Å². The van der Waals surface area contributed by atoms with Gasteiger partial charge in [0.05, 0.1) is 6.54 Å². The summed E-state index contributed by atoms with van der Waals surface area (Å²) < 4.78 is 25.9. The highest BCUT2D eigenvalue weighted by atomic mass is 19.3. The van der Waals surface area contributed by atoms with Crippen LogP contribution in [0.15, 0.2) is 17.4 Å². The van der Waals surface area contributed by atoms with Crippen molar-refractivity contribution in [2.75, 3.05) is 13.6 Å². The van der Waals surface area contributed by atoms with Crippen molar-refractivity contribution in [2.45, 2.75) is 26.4 Å². The number of alkyl halides is 2. The molecule has 0 fully saturated rings. The van der Waals surface area contributed by atoms with Crippen molar-refractivity contribution in [1.29, 1.82) is 0 Å². The standard InChI is InChI=1S/C10H17F2N5/c1-3-4-15-10(13-2)16-7-8-14-5-6-17(8)9(11)12/h5-6,9H,3-4,7H2,1-2H3,(H2,13,15,16). The molecule has 1 aromatic rings. The van der Waals surface area contributed by atoms with Crippen LogP contribution >= 0.6 is 0 Å². The van der Waals surface area contributed by atoms with Crippen LogP contribution in [0.5, 0.6) is 0 Å². The van der Waals surface area contributed by atoms with Crippen LogP contribution in [0, 0.1) is 0 Å². The highest BCUT2D eigenvalue weighted by Gasteiger charge is 2.11. The normalized spacial score (nSPS) is 11.9. The molecule has 0 aliphatic heterocycles. The second-order valence-electron chi connectivity index (χ2n) is 3.38. The maximum absolute atomic E-state index is 12.5. The monoisotopic (exact) mass is 245 g/mol. The van der Waals surface area contributed by atoms with Gasteiger partial charge in [-0.15, -0.1) is 0 Å². The second-order valence-corrected chi connectivity index (χ2v) is 3.38. The number of nitrogens with one attached hydrogen (secondary N) is 2. The molecule has 96 valence electrons. The second kappa shape index (κ2) is 6.82. The Labute approximate surface area is 99.0 Å². The van der Waals surface area contributed by atoms with Gasteiger partial charge in [0.25, 0.3) is 0 Å². The summed E-state index contributed by atoms with van der Waals surface area (Å²) in [4.78, 5) is 7.83. The summed E-state index contributed by atoms with van der Waals surface area (Å²) in [7, 11) is 1.63. The zero-order valence-electron chi connectivity index (χ0n) is 9.95. The molecule has 7 heteroatoms. The van der Waals surface area contributed by atoms with Gasteiger partial charge in [-0.1, -0.05) is 6.92 Å². The molecule has 0 saturated heterocycles. The van der Waals surface area contributed by atoms with E-state index < -0.39 is 6.55 Å². The van der Waals surface area contributed by atoms with E-state index in [1.807, 2.05) is 6.92 Å². The molecule has 0 aliphatic carbocycles. The molecule has 1 aromatic heterocycles. The molecular weight excluding hydrogens is 228 g/mol. The number of hydrogen-bond acceptors (Lipinski definition) is 2. The number of rotatable bonds is 5. The molecular formula is C10H17F2N5. The first-order valence-corrected chi connectivity index (χ1v) is 5.43. The number of aliphatic imine (C=N–C) groups is 1. The molecule has 0 aromatic carbocycles. The molecule has 1 rings (SSSR count). The predicted molar refractivity (Wildman–Crippen MR) is 62.0 cm³/mol. The van der Waals surface area contributed by atoms with Crippen LogP contribution in [0.4, 0.5) is 8.78 Å². The Morgan fingerprint density at radius 3 is 2.88 bits per heavy atom. The first-order chi connectivity index (χ1) is 8.19. The van der Waals surface area contributed by atoms with Crippen molar-refractivity contribution in [3.63, 3.8) is 0 Å². The number of guanidine groups is 1. The summed E-state index contributed by atoms with van der Waals surface area (Å²) in [5, 5.41) is 5.97. The zero-order chi connectivity index (χ0) is 12.7. The van der Waals surface area contributed by atoms with E-state index in [1.165, 1.54) is 12.4 Å². The number of aromatic nitrogens is 2. The van der Waals surface area contributed by atoms with E-state index in [0.717, 1.165) is 17.5 Å². The van der Waals surface area contributed by atoms with Gasteiger partial charge in [0.2, 0.25) is 0 Å². The molecule has 0 bridgehead atoms. The summed E-state index contributed by atoms with van der Waals surface area (Å²) in [5.74, 6) is 0.857. The van der Waals surface area contributed by atoms with Crippen LogP contribution in [0.2, 0.25) is 0 Å². The number of hydrogen-bond donors (Lipinski definition) is 2. The van der Waals surface area contributed by atoms with Crippen LogP contribution in [0.1, 0.15) is 25.7 Å². The summed E-state index contributed by atoms with van der Waals surface area (Å²) in [6.07, 6.45) is 3.57. The van der Waals surface area contributed by atoms with E-state index in [0.29, 0.717) is 5.96 Å². The van der Waals surface area contributed by atoms with E-state index >= 15 is 0 Å². The van der Waals surface area contributed by atoms with Gasteiger partial charge in [-0.3, -0.25) is 9.56 Å². The first-order valence-electron chi connectivity index (χ1n) is 5.43. The smallest absolute Gasteiger partial charge is 0.319 e. The third-order valence-corrected chi connectivity index (χ3v) is 2.14. The molecule has 0 atom stereocenters. The Bertz CT molecular complexity index is 361. The van der Waals surface area contributed by atoms with Crippen molar-refractivity contribution < 1.29 is 8.78 Å². The van der Waals surface area contributed by atoms with E-state index in [2.05, 4.69) is 20.6 Å². The van der Waals surface area contributed by atoms with Crippen LogP contribution in [-0.2, 0) is 6.54 Å². The molecule has 2 N–H and O–H groups in total. The van der Waals surface area contributed by atoms with Gasteiger partial charge in [-0.25, -0.2) is 4.98 Å². The largest absolute Gasteiger partial charge is 0.356 e. The maximum Gasteiger partial charge on any atom is 0.319 e. The lowest BCUT2D eigenvalue weighted by Gasteiger charge is -2.11. The Hall–Kier alpha value is -1.66. The number of imidazole rings is 1. The summed E-state index contributed by atoms with van der Waals surface area (Å²) >= 11 is 0. The molecule has 0 amide bonds. The molecule has 5 nitrogen and oxygen atoms in total. The van der Waals surface area contributed by atoms with Gasteiger partial charge in [0.1, 0.15) is 5.82 Å². The molecule has 0 unspecified atom stereocenters. The highest BCUT2D eigenvalue weighted by Crippen LogP contribution is 2.11. The predicted octanol–water partition coefficient (Wildman–Crippen LogP) is 1.35. The lowest BCUT2D eigenvalue weighted by atomic mass is 10.5. The molecule has 1 heterocycles. The quantitative estimate of drug-likeness (QED) is 0.608. The molecule has 17 heavy (non-hydrogen) atoms. The minimum atomic E-state index is -2.57. The fourth-order valence-corrected chi connectivity index (χ4v) is 1.29. The van der Waals surface area contributed by atoms with Crippen LogP contribution in [0.25, 0.3) is 0 Å². The number of halogens is 2. The van der Waals surface area contributed by atoms with Crippen molar-refractivity contribution in [3.05, 3.63) is 18.2 Å². The van der Waals surface area contributed by atoms with E-state index in [9.17, 15) is 8.78 Å². The van der Waals surface area contributed by atoms with E-state index in [4.69, 9.17) is 0 Å². The van der Waals surface area contributed by atoms with Gasteiger partial charge in [-0.2, -0.15) is 8.78 Å². The Morgan fingerprint density at radius 2 is 2.29 bits per heavy atom. The molecule has 0 aliphatic rings. The van der Waals surface area contributed by atoms with E-state index in [1.54, 1.807) is 7.05 Å². The van der Waals surface area contributed by atoms with Gasteiger partial charge in [0, 0.05) is 26.0 Å². The van der Waals surface area contributed by atoms with Crippen molar-refractivity contribution in [2.24, 2.45) is 4.99 Å². The SMILES string of the molecule is CCCNC(=NC)NCc1nccn1C(F)F. The zero-order valence-corrected chi connectivity index (χ0v) is 9.95. The third-order valence-electron chi connectivity index (χ3n) is 2.14. The average Bonchev–Trinajstić information content (AvgIpc) is 2.78. The minimum absolute atomic E-state index is 0.209. The van der Waals surface area contributed by atoms with Crippen molar-refractivity contribution in [1.82, 2.24) is 20.2 Å². The van der Waals surface area contributed by atoms with Crippen LogP contribution < -0.4 is 10.6 Å². The maximum atomic E-state index is 12.5. The van der Waals surface area contributed by atoms with Gasteiger partial charge < -0.3 is 10.6 Å². The summed E-state index contributed by atoms with van der Waals surface area (Å²) in [5.41, 5.74) is 0. The van der Waals surface area contributed by atoms with Gasteiger partial charge in [-0.05, 0) is 6.42 Å².